The lowest BCUT2D eigenvalue weighted by atomic mass is 10.1. The molecular formula is C23H22BrNO3S. The van der Waals surface area contributed by atoms with E-state index in [0.717, 1.165) is 16.7 Å². The van der Waals surface area contributed by atoms with Crippen molar-refractivity contribution in [3.8, 4) is 0 Å². The normalized spacial score (nSPS) is 11.3. The average molecular weight is 472 g/mol. The molecule has 0 amide bonds. The predicted molar refractivity (Wildman–Crippen MR) is 120 cm³/mol. The van der Waals surface area contributed by atoms with Gasteiger partial charge in [-0.25, -0.2) is 8.42 Å². The predicted octanol–water partition coefficient (Wildman–Crippen LogP) is 5.45. The van der Waals surface area contributed by atoms with Crippen molar-refractivity contribution in [1.82, 2.24) is 0 Å². The van der Waals surface area contributed by atoms with E-state index in [1.807, 2.05) is 45.0 Å². The van der Waals surface area contributed by atoms with Crippen molar-refractivity contribution in [2.24, 2.45) is 0 Å². The van der Waals surface area contributed by atoms with E-state index in [-0.39, 0.29) is 17.2 Å². The zero-order valence-electron chi connectivity index (χ0n) is 16.5. The topological polar surface area (TPSA) is 54.5 Å². The number of Topliss-reactive ketones (excluding diaryl/α,β-unsaturated/α-hetero) is 1. The van der Waals surface area contributed by atoms with Crippen molar-refractivity contribution < 1.29 is 13.2 Å². The Kier molecular flexibility index (Phi) is 6.24. The van der Waals surface area contributed by atoms with Crippen molar-refractivity contribution in [2.75, 3.05) is 10.8 Å². The van der Waals surface area contributed by atoms with Gasteiger partial charge >= 0.3 is 0 Å². The molecule has 3 rings (SSSR count). The fraction of sp³-hybridized carbons (Fsp3) is 0.174. The number of hydrogen-bond acceptors (Lipinski definition) is 3. The molecule has 3 aromatic carbocycles. The Hall–Kier alpha value is -2.44. The summed E-state index contributed by atoms with van der Waals surface area (Å²) in [5.74, 6) is -0.270. The van der Waals surface area contributed by atoms with E-state index in [9.17, 15) is 13.2 Å². The molecule has 0 aliphatic rings. The number of ketones is 1. The number of carbonyl (C=O) groups excluding carboxylic acids is 1. The third-order valence-corrected chi connectivity index (χ3v) is 7.05. The third-order valence-electron chi connectivity index (χ3n) is 4.64. The molecule has 0 aromatic heterocycles. The summed E-state index contributed by atoms with van der Waals surface area (Å²) in [6.07, 6.45) is 0. The number of benzene rings is 3. The summed E-state index contributed by atoms with van der Waals surface area (Å²) in [7, 11) is -3.93. The molecule has 0 spiro atoms. The van der Waals surface area contributed by atoms with Crippen molar-refractivity contribution in [2.45, 2.75) is 25.7 Å². The Balaban J connectivity index is 2.07. The van der Waals surface area contributed by atoms with Crippen LogP contribution in [-0.2, 0) is 10.0 Å². The highest BCUT2D eigenvalue weighted by molar-refractivity contribution is 9.10. The molecule has 0 unspecified atom stereocenters. The molecule has 150 valence electrons. The molecule has 6 heteroatoms. The van der Waals surface area contributed by atoms with Gasteiger partial charge in [0.1, 0.15) is 0 Å². The highest BCUT2D eigenvalue weighted by Gasteiger charge is 2.29. The van der Waals surface area contributed by atoms with E-state index in [1.165, 1.54) is 4.31 Å². The van der Waals surface area contributed by atoms with Gasteiger partial charge < -0.3 is 0 Å². The molecule has 3 aromatic rings. The molecule has 0 N–H and O–H groups in total. The largest absolute Gasteiger partial charge is 0.292 e. The minimum absolute atomic E-state index is 0.146. The molecule has 0 atom stereocenters. The Bertz CT molecular complexity index is 1140. The van der Waals surface area contributed by atoms with Crippen LogP contribution in [0.3, 0.4) is 0 Å². The lowest BCUT2D eigenvalue weighted by Gasteiger charge is -2.25. The maximum Gasteiger partial charge on any atom is 0.264 e. The van der Waals surface area contributed by atoms with Crippen molar-refractivity contribution in [1.29, 1.82) is 0 Å². The van der Waals surface area contributed by atoms with Gasteiger partial charge in [0.2, 0.25) is 0 Å². The zero-order valence-corrected chi connectivity index (χ0v) is 18.9. The summed E-state index contributed by atoms with van der Waals surface area (Å²) in [4.78, 5) is 13.1. The number of sulfonamides is 1. The number of nitrogens with zero attached hydrogens (tertiary/aromatic N) is 1. The van der Waals surface area contributed by atoms with Gasteiger partial charge in [0.15, 0.2) is 5.78 Å². The number of anilines is 1. The average Bonchev–Trinajstić information content (AvgIpc) is 2.67. The van der Waals surface area contributed by atoms with Crippen LogP contribution in [0, 0.1) is 20.8 Å². The SMILES string of the molecule is Cc1ccc(C(=O)CN(c2ccc(C)cc2Br)S(=O)(=O)c2ccc(C)cc2)cc1. The Labute approximate surface area is 180 Å². The lowest BCUT2D eigenvalue weighted by molar-refractivity contribution is 0.100. The maximum atomic E-state index is 13.5. The maximum absolute atomic E-state index is 13.5. The second kappa shape index (κ2) is 8.51. The first-order valence-electron chi connectivity index (χ1n) is 9.14. The zero-order chi connectivity index (χ0) is 21.2. The minimum atomic E-state index is -3.93. The van der Waals surface area contributed by atoms with Gasteiger partial charge in [-0.2, -0.15) is 0 Å². The Morgan fingerprint density at radius 1 is 0.828 bits per heavy atom. The van der Waals surface area contributed by atoms with Crippen LogP contribution in [0.4, 0.5) is 5.69 Å². The first-order valence-corrected chi connectivity index (χ1v) is 11.4. The highest BCUT2D eigenvalue weighted by Crippen LogP contribution is 2.32. The smallest absolute Gasteiger partial charge is 0.264 e. The van der Waals surface area contributed by atoms with E-state index >= 15 is 0 Å². The van der Waals surface area contributed by atoms with Crippen LogP contribution < -0.4 is 4.31 Å². The quantitative estimate of drug-likeness (QED) is 0.448. The summed E-state index contributed by atoms with van der Waals surface area (Å²) < 4.78 is 28.7. The van der Waals surface area contributed by atoms with Gasteiger partial charge in [-0.05, 0) is 66.5 Å². The fourth-order valence-electron chi connectivity index (χ4n) is 2.91. The monoisotopic (exact) mass is 471 g/mol. The van der Waals surface area contributed by atoms with E-state index in [0.29, 0.717) is 15.7 Å². The molecule has 4 nitrogen and oxygen atoms in total. The number of aryl methyl sites for hydroxylation is 3. The summed E-state index contributed by atoms with van der Waals surface area (Å²) in [5.41, 5.74) is 3.88. The molecule has 0 saturated heterocycles. The molecule has 0 aliphatic carbocycles. The first-order chi connectivity index (χ1) is 13.7. The van der Waals surface area contributed by atoms with Gasteiger partial charge in [-0.15, -0.1) is 0 Å². The molecule has 29 heavy (non-hydrogen) atoms. The van der Waals surface area contributed by atoms with Gasteiger partial charge in [-0.1, -0.05) is 53.6 Å². The molecular weight excluding hydrogens is 450 g/mol. The van der Waals surface area contributed by atoms with Crippen molar-refractivity contribution >= 4 is 37.4 Å². The molecule has 0 fully saturated rings. The molecule has 0 saturated carbocycles. The number of halogens is 1. The highest BCUT2D eigenvalue weighted by atomic mass is 79.9. The van der Waals surface area contributed by atoms with E-state index in [2.05, 4.69) is 15.9 Å². The van der Waals surface area contributed by atoms with E-state index in [4.69, 9.17) is 0 Å². The van der Waals surface area contributed by atoms with E-state index < -0.39 is 10.0 Å². The minimum Gasteiger partial charge on any atom is -0.292 e. The van der Waals surface area contributed by atoms with Crippen LogP contribution in [0.15, 0.2) is 76.1 Å². The van der Waals surface area contributed by atoms with Gasteiger partial charge in [-0.3, -0.25) is 9.10 Å². The third kappa shape index (κ3) is 4.77. The van der Waals surface area contributed by atoms with Gasteiger partial charge in [0.25, 0.3) is 10.0 Å². The van der Waals surface area contributed by atoms with Crippen LogP contribution in [0.1, 0.15) is 27.0 Å². The van der Waals surface area contributed by atoms with Crippen LogP contribution in [0.2, 0.25) is 0 Å². The second-order valence-electron chi connectivity index (χ2n) is 7.07. The Morgan fingerprint density at radius 3 is 1.90 bits per heavy atom. The number of carbonyl (C=O) groups is 1. The molecule has 0 bridgehead atoms. The summed E-state index contributed by atoms with van der Waals surface area (Å²) >= 11 is 3.46. The van der Waals surface area contributed by atoms with E-state index in [1.54, 1.807) is 42.5 Å². The van der Waals surface area contributed by atoms with Crippen LogP contribution in [0.5, 0.6) is 0 Å². The molecule has 0 radical (unpaired) electrons. The molecule has 0 aliphatic heterocycles. The standard InChI is InChI=1S/C23H22BrNO3S/c1-16-4-9-19(10-5-16)23(26)15-25(22-13-8-18(3)14-21(22)24)29(27,28)20-11-6-17(2)7-12-20/h4-14H,15H2,1-3H3. The van der Waals surface area contributed by atoms with Gasteiger partial charge in [0.05, 0.1) is 17.1 Å². The summed E-state index contributed by atoms with van der Waals surface area (Å²) in [5, 5.41) is 0. The Morgan fingerprint density at radius 2 is 1.34 bits per heavy atom. The van der Waals surface area contributed by atoms with Crippen LogP contribution in [0.25, 0.3) is 0 Å². The van der Waals surface area contributed by atoms with Crippen molar-refractivity contribution in [3.05, 3.63) is 93.5 Å². The van der Waals surface area contributed by atoms with Crippen LogP contribution in [-0.4, -0.2) is 20.7 Å². The fourth-order valence-corrected chi connectivity index (χ4v) is 5.18. The van der Waals surface area contributed by atoms with Crippen LogP contribution >= 0.6 is 15.9 Å². The number of hydrogen-bond donors (Lipinski definition) is 0. The van der Waals surface area contributed by atoms with Crippen molar-refractivity contribution in [3.63, 3.8) is 0 Å². The first kappa shape index (κ1) is 21.3. The number of rotatable bonds is 6. The van der Waals surface area contributed by atoms with Gasteiger partial charge in [0, 0.05) is 10.0 Å². The second-order valence-corrected chi connectivity index (χ2v) is 9.79. The summed E-state index contributed by atoms with van der Waals surface area (Å²) in [6.45, 7) is 5.46. The molecule has 0 heterocycles. The lowest BCUT2D eigenvalue weighted by Crippen LogP contribution is -2.36. The summed E-state index contributed by atoms with van der Waals surface area (Å²) in [6, 6.07) is 19.1.